The highest BCUT2D eigenvalue weighted by Gasteiger charge is 2.28. The van der Waals surface area contributed by atoms with Gasteiger partial charge in [0.15, 0.2) is 9.84 Å². The van der Waals surface area contributed by atoms with Crippen LogP contribution in [0.2, 0.25) is 0 Å². The van der Waals surface area contributed by atoms with Crippen LogP contribution in [-0.4, -0.2) is 43.9 Å². The Balaban J connectivity index is 1.50. The highest BCUT2D eigenvalue weighted by Crippen LogP contribution is 2.18. The molecule has 1 aliphatic carbocycles. The van der Waals surface area contributed by atoms with E-state index in [1.54, 1.807) is 24.3 Å². The number of sulfone groups is 1. The van der Waals surface area contributed by atoms with E-state index in [2.05, 4.69) is 16.0 Å². The summed E-state index contributed by atoms with van der Waals surface area (Å²) in [6.07, 6.45) is 4.82. The molecule has 0 radical (unpaired) electrons. The lowest BCUT2D eigenvalue weighted by molar-refractivity contribution is 0.0938. The van der Waals surface area contributed by atoms with Crippen LogP contribution in [0.4, 0.5) is 10.5 Å². The van der Waals surface area contributed by atoms with Gasteiger partial charge >= 0.3 is 6.03 Å². The molecule has 0 bridgehead atoms. The van der Waals surface area contributed by atoms with Gasteiger partial charge in [0.05, 0.1) is 11.5 Å². The molecular formula is C17H23N3O4S. The van der Waals surface area contributed by atoms with Crippen molar-refractivity contribution in [2.24, 2.45) is 0 Å². The maximum absolute atomic E-state index is 12.2. The molecule has 0 unspecified atom stereocenters. The lowest BCUT2D eigenvalue weighted by Gasteiger charge is -2.13. The minimum Gasteiger partial charge on any atom is -0.349 e. The van der Waals surface area contributed by atoms with Crippen molar-refractivity contribution in [1.29, 1.82) is 0 Å². The fourth-order valence-corrected chi connectivity index (χ4v) is 4.98. The number of hydrogen-bond acceptors (Lipinski definition) is 4. The van der Waals surface area contributed by atoms with Crippen LogP contribution in [-0.2, 0) is 9.84 Å². The summed E-state index contributed by atoms with van der Waals surface area (Å²) in [6, 6.07) is 6.13. The molecule has 1 saturated carbocycles. The first kappa shape index (κ1) is 17.7. The molecule has 1 heterocycles. The molecule has 1 aliphatic heterocycles. The molecule has 2 fully saturated rings. The highest BCUT2D eigenvalue weighted by molar-refractivity contribution is 7.91. The molecule has 1 saturated heterocycles. The Kier molecular flexibility index (Phi) is 5.27. The SMILES string of the molecule is O=C(Nc1ccc(C(=O)NC2CCCC2)cc1)N[C@H]1CCS(=O)(=O)C1. The maximum atomic E-state index is 12.2. The second-order valence-electron chi connectivity index (χ2n) is 6.73. The third-order valence-electron chi connectivity index (χ3n) is 4.66. The maximum Gasteiger partial charge on any atom is 0.319 e. The van der Waals surface area contributed by atoms with Crippen LogP contribution in [0, 0.1) is 0 Å². The van der Waals surface area contributed by atoms with Crippen LogP contribution in [0.15, 0.2) is 24.3 Å². The number of carbonyl (C=O) groups is 2. The number of urea groups is 1. The van der Waals surface area contributed by atoms with Crippen LogP contribution in [0.3, 0.4) is 0 Å². The normalized spacial score (nSPS) is 22.5. The zero-order valence-corrected chi connectivity index (χ0v) is 14.8. The van der Waals surface area contributed by atoms with Gasteiger partial charge in [-0.25, -0.2) is 13.2 Å². The number of rotatable bonds is 4. The van der Waals surface area contributed by atoms with Gasteiger partial charge in [-0.1, -0.05) is 12.8 Å². The number of amides is 3. The summed E-state index contributed by atoms with van der Waals surface area (Å²) in [5.41, 5.74) is 1.11. The lowest BCUT2D eigenvalue weighted by atomic mass is 10.1. The molecule has 0 aromatic heterocycles. The van der Waals surface area contributed by atoms with E-state index >= 15 is 0 Å². The average Bonchev–Trinajstić information content (AvgIpc) is 3.17. The third-order valence-corrected chi connectivity index (χ3v) is 6.43. The van der Waals surface area contributed by atoms with Crippen LogP contribution in [0.25, 0.3) is 0 Å². The smallest absolute Gasteiger partial charge is 0.319 e. The van der Waals surface area contributed by atoms with Crippen LogP contribution in [0.1, 0.15) is 42.5 Å². The summed E-state index contributed by atoms with van der Waals surface area (Å²) in [7, 11) is -3.03. The molecular weight excluding hydrogens is 342 g/mol. The van der Waals surface area contributed by atoms with E-state index in [1.807, 2.05) is 0 Å². The van der Waals surface area contributed by atoms with E-state index in [1.165, 1.54) is 0 Å². The van der Waals surface area contributed by atoms with Crippen molar-refractivity contribution in [3.63, 3.8) is 0 Å². The first-order valence-corrected chi connectivity index (χ1v) is 10.4. The van der Waals surface area contributed by atoms with Crippen molar-refractivity contribution in [3.05, 3.63) is 29.8 Å². The third kappa shape index (κ3) is 4.94. The van der Waals surface area contributed by atoms with Gasteiger partial charge in [0, 0.05) is 23.3 Å². The highest BCUT2D eigenvalue weighted by atomic mass is 32.2. The van der Waals surface area contributed by atoms with E-state index < -0.39 is 15.9 Å². The summed E-state index contributed by atoms with van der Waals surface area (Å²) in [4.78, 5) is 24.1. The molecule has 2 aliphatic rings. The van der Waals surface area contributed by atoms with E-state index in [0.29, 0.717) is 17.7 Å². The summed E-state index contributed by atoms with van der Waals surface area (Å²) in [5, 5.41) is 8.33. The first-order chi connectivity index (χ1) is 11.9. The Morgan fingerprint density at radius 1 is 0.920 bits per heavy atom. The van der Waals surface area contributed by atoms with Crippen molar-refractivity contribution < 1.29 is 18.0 Å². The van der Waals surface area contributed by atoms with Gasteiger partial charge in [-0.2, -0.15) is 0 Å². The zero-order valence-electron chi connectivity index (χ0n) is 14.0. The van der Waals surface area contributed by atoms with E-state index in [4.69, 9.17) is 0 Å². The molecule has 3 amide bonds. The summed E-state index contributed by atoms with van der Waals surface area (Å²) in [5.74, 6) is 0.00255. The van der Waals surface area contributed by atoms with Gasteiger partial charge in [0.25, 0.3) is 5.91 Å². The molecule has 0 spiro atoms. The number of benzene rings is 1. The van der Waals surface area contributed by atoms with E-state index in [-0.39, 0.29) is 29.5 Å². The average molecular weight is 365 g/mol. The van der Waals surface area contributed by atoms with Crippen molar-refractivity contribution in [2.45, 2.75) is 44.2 Å². The molecule has 8 heteroatoms. The Labute approximate surface area is 147 Å². The molecule has 7 nitrogen and oxygen atoms in total. The Morgan fingerprint density at radius 2 is 1.60 bits per heavy atom. The van der Waals surface area contributed by atoms with Crippen LogP contribution < -0.4 is 16.0 Å². The number of anilines is 1. The predicted octanol–water partition coefficient (Wildman–Crippen LogP) is 1.67. The van der Waals surface area contributed by atoms with Gasteiger partial charge in [0.2, 0.25) is 0 Å². The molecule has 1 aromatic rings. The molecule has 3 N–H and O–H groups in total. The van der Waals surface area contributed by atoms with Crippen molar-refractivity contribution in [2.75, 3.05) is 16.8 Å². The zero-order chi connectivity index (χ0) is 17.9. The summed E-state index contributed by atoms with van der Waals surface area (Å²) >= 11 is 0. The van der Waals surface area contributed by atoms with Gasteiger partial charge in [0.1, 0.15) is 0 Å². The second kappa shape index (κ2) is 7.43. The summed E-state index contributed by atoms with van der Waals surface area (Å²) < 4.78 is 22.8. The minimum absolute atomic E-state index is 0.0132. The van der Waals surface area contributed by atoms with Gasteiger partial charge < -0.3 is 16.0 Å². The van der Waals surface area contributed by atoms with E-state index in [9.17, 15) is 18.0 Å². The van der Waals surface area contributed by atoms with Crippen molar-refractivity contribution in [1.82, 2.24) is 10.6 Å². The van der Waals surface area contributed by atoms with Crippen molar-refractivity contribution >= 4 is 27.5 Å². The molecule has 1 atom stereocenters. The number of carbonyl (C=O) groups excluding carboxylic acids is 2. The second-order valence-corrected chi connectivity index (χ2v) is 8.96. The predicted molar refractivity (Wildman–Crippen MR) is 95.4 cm³/mol. The van der Waals surface area contributed by atoms with Gasteiger partial charge in [-0.15, -0.1) is 0 Å². The van der Waals surface area contributed by atoms with Gasteiger partial charge in [-0.05, 0) is 43.5 Å². The topological polar surface area (TPSA) is 104 Å². The number of hydrogen-bond donors (Lipinski definition) is 3. The Morgan fingerprint density at radius 3 is 2.20 bits per heavy atom. The largest absolute Gasteiger partial charge is 0.349 e. The van der Waals surface area contributed by atoms with Crippen LogP contribution in [0.5, 0.6) is 0 Å². The number of nitrogens with one attached hydrogen (secondary N) is 3. The molecule has 25 heavy (non-hydrogen) atoms. The fraction of sp³-hybridized carbons (Fsp3) is 0.529. The monoisotopic (exact) mass is 365 g/mol. The van der Waals surface area contributed by atoms with E-state index in [0.717, 1.165) is 25.7 Å². The first-order valence-electron chi connectivity index (χ1n) is 8.60. The molecule has 136 valence electrons. The van der Waals surface area contributed by atoms with Crippen molar-refractivity contribution in [3.8, 4) is 0 Å². The minimum atomic E-state index is -3.03. The van der Waals surface area contributed by atoms with Gasteiger partial charge in [-0.3, -0.25) is 4.79 Å². The lowest BCUT2D eigenvalue weighted by Crippen LogP contribution is -2.38. The quantitative estimate of drug-likeness (QED) is 0.755. The standard InChI is InChI=1S/C17H23N3O4S/c21-16(18-13-3-1-2-4-13)12-5-7-14(8-6-12)19-17(22)20-15-9-10-25(23,24)11-15/h5-8,13,15H,1-4,9-11H2,(H,18,21)(H2,19,20,22)/t15-/m0/s1. The molecule has 1 aromatic carbocycles. The fourth-order valence-electron chi connectivity index (χ4n) is 3.31. The summed E-state index contributed by atoms with van der Waals surface area (Å²) in [6.45, 7) is 0. The Bertz CT molecular complexity index is 740. The van der Waals surface area contributed by atoms with Crippen LogP contribution >= 0.6 is 0 Å². The Hall–Kier alpha value is -2.09. The molecule has 3 rings (SSSR count).